The molecule has 0 saturated heterocycles. The molecule has 1 rings (SSSR count). The van der Waals surface area contributed by atoms with Gasteiger partial charge >= 0.3 is 5.97 Å². The minimum atomic E-state index is -1.05. The third-order valence-electron chi connectivity index (χ3n) is 4.74. The van der Waals surface area contributed by atoms with Crippen LogP contribution in [0.4, 0.5) is 0 Å². The first-order chi connectivity index (χ1) is 13.2. The van der Waals surface area contributed by atoms with Crippen molar-refractivity contribution in [1.82, 2.24) is 0 Å². The van der Waals surface area contributed by atoms with Crippen molar-refractivity contribution in [3.8, 4) is 5.75 Å². The van der Waals surface area contributed by atoms with Gasteiger partial charge in [-0.2, -0.15) is 0 Å². The third kappa shape index (κ3) is 10.6. The Bertz CT molecular complexity index is 587. The summed E-state index contributed by atoms with van der Waals surface area (Å²) < 4.78 is 0. The van der Waals surface area contributed by atoms with Crippen LogP contribution in [-0.2, 0) is 6.42 Å². The van der Waals surface area contributed by atoms with Crippen LogP contribution in [0.5, 0.6) is 5.75 Å². The second kappa shape index (κ2) is 15.1. The minimum Gasteiger partial charge on any atom is -0.507 e. The molecule has 0 aliphatic heterocycles. The normalized spacial score (nSPS) is 11.6. The summed E-state index contributed by atoms with van der Waals surface area (Å²) in [6, 6.07) is 4.94. The third-order valence-corrected chi connectivity index (χ3v) is 4.74. The van der Waals surface area contributed by atoms with Gasteiger partial charge in [0.25, 0.3) is 0 Å². The van der Waals surface area contributed by atoms with Gasteiger partial charge in [-0.15, -0.1) is 0 Å². The maximum absolute atomic E-state index is 11.2. The van der Waals surface area contributed by atoms with E-state index >= 15 is 0 Å². The van der Waals surface area contributed by atoms with Crippen LogP contribution < -0.4 is 0 Å². The van der Waals surface area contributed by atoms with Crippen LogP contribution in [0.3, 0.4) is 0 Å². The smallest absolute Gasteiger partial charge is 0.339 e. The Morgan fingerprint density at radius 1 is 0.889 bits per heavy atom. The summed E-state index contributed by atoms with van der Waals surface area (Å²) in [6.45, 7) is 2.24. The van der Waals surface area contributed by atoms with Crippen LogP contribution in [0.1, 0.15) is 93.5 Å². The summed E-state index contributed by atoms with van der Waals surface area (Å²) in [5.74, 6) is -1.19. The quantitative estimate of drug-likeness (QED) is 0.256. The van der Waals surface area contributed by atoms with E-state index in [2.05, 4.69) is 31.2 Å². The zero-order valence-corrected chi connectivity index (χ0v) is 16.8. The van der Waals surface area contributed by atoms with Crippen molar-refractivity contribution in [2.75, 3.05) is 0 Å². The van der Waals surface area contributed by atoms with Gasteiger partial charge in [0, 0.05) is 0 Å². The number of rotatable bonds is 15. The van der Waals surface area contributed by atoms with Gasteiger partial charge in [-0.05, 0) is 56.6 Å². The van der Waals surface area contributed by atoms with Crippen molar-refractivity contribution in [3.05, 3.63) is 53.6 Å². The zero-order valence-electron chi connectivity index (χ0n) is 16.8. The van der Waals surface area contributed by atoms with Gasteiger partial charge in [0.05, 0.1) is 0 Å². The van der Waals surface area contributed by atoms with Crippen molar-refractivity contribution in [2.45, 2.75) is 84.0 Å². The molecule has 1 aromatic rings. The Hall–Kier alpha value is -2.03. The van der Waals surface area contributed by atoms with Gasteiger partial charge in [0.15, 0.2) is 0 Å². The summed E-state index contributed by atoms with van der Waals surface area (Å²) in [5, 5.41) is 18.9. The van der Waals surface area contributed by atoms with Crippen molar-refractivity contribution in [1.29, 1.82) is 0 Å². The molecule has 0 heterocycles. The van der Waals surface area contributed by atoms with Gasteiger partial charge in [0.2, 0.25) is 0 Å². The first-order valence-electron chi connectivity index (χ1n) is 10.5. The molecule has 3 nitrogen and oxygen atoms in total. The fourth-order valence-corrected chi connectivity index (χ4v) is 3.17. The molecule has 27 heavy (non-hydrogen) atoms. The van der Waals surface area contributed by atoms with E-state index in [4.69, 9.17) is 0 Å². The maximum Gasteiger partial charge on any atom is 0.339 e. The first kappa shape index (κ1) is 23.0. The zero-order chi connectivity index (χ0) is 19.7. The molecule has 3 heteroatoms. The number of carboxylic acids is 1. The summed E-state index contributed by atoms with van der Waals surface area (Å²) in [6.07, 6.45) is 22.8. The van der Waals surface area contributed by atoms with E-state index in [-0.39, 0.29) is 11.3 Å². The summed E-state index contributed by atoms with van der Waals surface area (Å²) in [4.78, 5) is 11.2. The van der Waals surface area contributed by atoms with Crippen molar-refractivity contribution >= 4 is 5.97 Å². The van der Waals surface area contributed by atoms with Gasteiger partial charge in [-0.3, -0.25) is 0 Å². The average molecular weight is 373 g/mol. The molecule has 0 spiro atoms. The fourth-order valence-electron chi connectivity index (χ4n) is 3.17. The number of aromatic hydroxyl groups is 1. The average Bonchev–Trinajstić information content (AvgIpc) is 2.64. The number of aryl methyl sites for hydroxylation is 1. The monoisotopic (exact) mass is 372 g/mol. The number of benzene rings is 1. The SMILES string of the molecule is CCCCCC/C=C/C/C=C/CCCCCCc1cccc(O)c1C(=O)O. The minimum absolute atomic E-state index is 0.0545. The van der Waals surface area contributed by atoms with Gasteiger partial charge in [-0.1, -0.05) is 75.5 Å². The molecule has 2 N–H and O–H groups in total. The summed E-state index contributed by atoms with van der Waals surface area (Å²) in [5.41, 5.74) is 0.780. The van der Waals surface area contributed by atoms with Crippen LogP contribution in [0.25, 0.3) is 0 Å². The fraction of sp³-hybridized carbons (Fsp3) is 0.542. The molecule has 0 aliphatic rings. The van der Waals surface area contributed by atoms with E-state index in [0.717, 1.165) is 37.7 Å². The highest BCUT2D eigenvalue weighted by Crippen LogP contribution is 2.22. The number of carboxylic acid groups (broad SMARTS) is 1. The lowest BCUT2D eigenvalue weighted by Crippen LogP contribution is -2.03. The van der Waals surface area contributed by atoms with Crippen LogP contribution in [0.15, 0.2) is 42.5 Å². The number of aromatic carboxylic acids is 1. The van der Waals surface area contributed by atoms with Crippen LogP contribution in [0, 0.1) is 0 Å². The van der Waals surface area contributed by atoms with E-state index in [1.54, 1.807) is 12.1 Å². The van der Waals surface area contributed by atoms with Crippen LogP contribution in [-0.4, -0.2) is 16.2 Å². The summed E-state index contributed by atoms with van der Waals surface area (Å²) >= 11 is 0. The Labute approximate surface area is 164 Å². The van der Waals surface area contributed by atoms with E-state index in [1.165, 1.54) is 44.6 Å². The van der Waals surface area contributed by atoms with E-state index in [0.29, 0.717) is 6.42 Å². The molecule has 0 bridgehead atoms. The molecule has 0 aliphatic carbocycles. The molecule has 0 fully saturated rings. The van der Waals surface area contributed by atoms with E-state index < -0.39 is 5.97 Å². The lowest BCUT2D eigenvalue weighted by atomic mass is 10.00. The lowest BCUT2D eigenvalue weighted by Gasteiger charge is -2.07. The first-order valence-corrected chi connectivity index (χ1v) is 10.5. The topological polar surface area (TPSA) is 57.5 Å². The molecule has 0 unspecified atom stereocenters. The standard InChI is InChI=1S/C24H36O3/c1-2-3-4-5-6-7-8-9-10-11-12-13-14-15-16-18-21-19-17-20-22(25)23(21)24(26)27/h7-8,10-11,17,19-20,25H,2-6,9,12-16,18H2,1H3,(H,26,27)/b8-7+,11-10+. The number of carbonyl (C=O) groups is 1. The molecule has 150 valence electrons. The highest BCUT2D eigenvalue weighted by molar-refractivity contribution is 5.92. The predicted molar refractivity (Wildman–Crippen MR) is 114 cm³/mol. The van der Waals surface area contributed by atoms with Crippen LogP contribution >= 0.6 is 0 Å². The predicted octanol–water partition coefficient (Wildman–Crippen LogP) is 7.06. The van der Waals surface area contributed by atoms with Gasteiger partial charge < -0.3 is 10.2 Å². The lowest BCUT2D eigenvalue weighted by molar-refractivity contribution is 0.0692. The van der Waals surface area contributed by atoms with E-state index in [1.807, 2.05) is 0 Å². The molecule has 0 amide bonds. The van der Waals surface area contributed by atoms with Crippen LogP contribution in [0.2, 0.25) is 0 Å². The highest BCUT2D eigenvalue weighted by Gasteiger charge is 2.14. The number of allylic oxidation sites excluding steroid dienone is 4. The number of unbranched alkanes of at least 4 members (excludes halogenated alkanes) is 8. The van der Waals surface area contributed by atoms with Crippen molar-refractivity contribution in [3.63, 3.8) is 0 Å². The molecule has 0 aromatic heterocycles. The highest BCUT2D eigenvalue weighted by atomic mass is 16.4. The van der Waals surface area contributed by atoms with Crippen molar-refractivity contribution in [2.24, 2.45) is 0 Å². The van der Waals surface area contributed by atoms with Gasteiger partial charge in [0.1, 0.15) is 11.3 Å². The maximum atomic E-state index is 11.2. The second-order valence-corrected chi connectivity index (χ2v) is 7.10. The molecular formula is C24H36O3. The number of hydrogen-bond acceptors (Lipinski definition) is 2. The Morgan fingerprint density at radius 2 is 1.52 bits per heavy atom. The molecular weight excluding hydrogens is 336 g/mol. The Balaban J connectivity index is 2.06. The van der Waals surface area contributed by atoms with Crippen molar-refractivity contribution < 1.29 is 15.0 Å². The van der Waals surface area contributed by atoms with Gasteiger partial charge in [-0.25, -0.2) is 4.79 Å². The Kier molecular flexibility index (Phi) is 12.8. The molecule has 0 atom stereocenters. The van der Waals surface area contributed by atoms with E-state index in [9.17, 15) is 15.0 Å². The Morgan fingerprint density at radius 3 is 2.15 bits per heavy atom. The number of phenols is 1. The molecule has 0 radical (unpaired) electrons. The number of hydrogen-bond donors (Lipinski definition) is 2. The largest absolute Gasteiger partial charge is 0.507 e. The molecule has 1 aromatic carbocycles. The molecule has 0 saturated carbocycles. The second-order valence-electron chi connectivity index (χ2n) is 7.10. The summed E-state index contributed by atoms with van der Waals surface area (Å²) in [7, 11) is 0.